The molecule has 4 N–H and O–H groups in total. The summed E-state index contributed by atoms with van der Waals surface area (Å²) in [5.74, 6) is 0.648. The molecule has 28 heavy (non-hydrogen) atoms. The summed E-state index contributed by atoms with van der Waals surface area (Å²) < 4.78 is 0. The van der Waals surface area contributed by atoms with Gasteiger partial charge in [-0.15, -0.1) is 24.0 Å². The van der Waals surface area contributed by atoms with Crippen molar-refractivity contribution in [2.45, 2.75) is 26.5 Å². The minimum atomic E-state index is -0.0812. The molecule has 0 aliphatic rings. The predicted molar refractivity (Wildman–Crippen MR) is 124 cm³/mol. The summed E-state index contributed by atoms with van der Waals surface area (Å²) in [6, 6.07) is 15.4. The topological polar surface area (TPSA) is 85.8 Å². The van der Waals surface area contributed by atoms with E-state index in [1.54, 1.807) is 13.1 Å². The van der Waals surface area contributed by atoms with Gasteiger partial charge in [-0.3, -0.25) is 4.79 Å². The van der Waals surface area contributed by atoms with Gasteiger partial charge in [-0.1, -0.05) is 36.4 Å². The number of aliphatic hydroxyl groups excluding tert-OH is 1. The number of rotatable bonds is 8. The van der Waals surface area contributed by atoms with Gasteiger partial charge in [0.1, 0.15) is 0 Å². The van der Waals surface area contributed by atoms with Gasteiger partial charge >= 0.3 is 0 Å². The number of nitrogens with one attached hydrogen (secondary N) is 3. The van der Waals surface area contributed by atoms with E-state index in [0.29, 0.717) is 18.7 Å². The molecule has 0 radical (unpaired) electrons. The zero-order valence-corrected chi connectivity index (χ0v) is 18.7. The molecule has 1 amide bonds. The van der Waals surface area contributed by atoms with Crippen molar-refractivity contribution in [2.75, 3.05) is 20.1 Å². The van der Waals surface area contributed by atoms with E-state index in [1.165, 1.54) is 0 Å². The highest BCUT2D eigenvalue weighted by Crippen LogP contribution is 2.10. The highest BCUT2D eigenvalue weighted by Gasteiger charge is 2.05. The summed E-state index contributed by atoms with van der Waals surface area (Å²) in [6.07, 6.45) is 0.780. The third kappa shape index (κ3) is 7.47. The number of benzene rings is 2. The summed E-state index contributed by atoms with van der Waals surface area (Å²) >= 11 is 0. The maximum atomic E-state index is 11.7. The van der Waals surface area contributed by atoms with Crippen molar-refractivity contribution in [3.8, 4) is 0 Å². The van der Waals surface area contributed by atoms with Gasteiger partial charge in [0, 0.05) is 25.7 Å². The van der Waals surface area contributed by atoms with Gasteiger partial charge in [0.25, 0.3) is 5.91 Å². The number of aliphatic hydroxyl groups is 1. The monoisotopic (exact) mass is 496 g/mol. The lowest BCUT2D eigenvalue weighted by molar-refractivity contribution is 0.0963. The Kier molecular flexibility index (Phi) is 11.2. The fourth-order valence-electron chi connectivity index (χ4n) is 2.71. The fourth-order valence-corrected chi connectivity index (χ4v) is 2.71. The standard InChI is InChI=1S/C21H28N4O2.HI/c1-3-23-21(25-14-18-8-4-5-9-19(18)15-26)24-12-11-16-7-6-10-17(13-16)20(27)22-2;/h4-10,13,26H,3,11-12,14-15H2,1-2H3,(H,22,27)(H2,23,24,25);1H. The van der Waals surface area contributed by atoms with Gasteiger partial charge in [0.2, 0.25) is 0 Å². The molecule has 0 unspecified atom stereocenters. The quantitative estimate of drug-likeness (QED) is 0.257. The molecular weight excluding hydrogens is 467 g/mol. The van der Waals surface area contributed by atoms with Crippen LogP contribution in [0.4, 0.5) is 0 Å². The molecule has 7 heteroatoms. The second kappa shape index (κ2) is 13.1. The molecule has 0 heterocycles. The molecule has 0 aliphatic heterocycles. The van der Waals surface area contributed by atoms with Crippen LogP contribution in [0.15, 0.2) is 53.5 Å². The Hall–Kier alpha value is -2.13. The maximum Gasteiger partial charge on any atom is 0.251 e. The van der Waals surface area contributed by atoms with Gasteiger partial charge in [-0.2, -0.15) is 0 Å². The Morgan fingerprint density at radius 2 is 1.82 bits per heavy atom. The van der Waals surface area contributed by atoms with Crippen molar-refractivity contribution in [3.05, 3.63) is 70.8 Å². The molecule has 0 spiro atoms. The minimum absolute atomic E-state index is 0. The highest BCUT2D eigenvalue weighted by atomic mass is 127. The van der Waals surface area contributed by atoms with Crippen LogP contribution in [0.3, 0.4) is 0 Å². The normalized spacial score (nSPS) is 10.8. The van der Waals surface area contributed by atoms with Crippen LogP contribution in [0.25, 0.3) is 0 Å². The van der Waals surface area contributed by atoms with Crippen LogP contribution in [-0.2, 0) is 19.6 Å². The van der Waals surface area contributed by atoms with Crippen LogP contribution in [0.1, 0.15) is 34.0 Å². The number of carbonyl (C=O) groups is 1. The van der Waals surface area contributed by atoms with Gasteiger partial charge in [0.05, 0.1) is 13.2 Å². The number of aliphatic imine (C=N–C) groups is 1. The van der Waals surface area contributed by atoms with E-state index in [0.717, 1.165) is 35.6 Å². The predicted octanol–water partition coefficient (Wildman–Crippen LogP) is 2.45. The molecule has 0 fully saturated rings. The summed E-state index contributed by atoms with van der Waals surface area (Å²) in [5, 5.41) is 18.6. The van der Waals surface area contributed by atoms with E-state index in [4.69, 9.17) is 0 Å². The second-order valence-electron chi connectivity index (χ2n) is 6.08. The largest absolute Gasteiger partial charge is 0.392 e. The van der Waals surface area contributed by atoms with Crippen molar-refractivity contribution in [1.29, 1.82) is 0 Å². The summed E-state index contributed by atoms with van der Waals surface area (Å²) in [4.78, 5) is 16.3. The van der Waals surface area contributed by atoms with Crippen LogP contribution in [-0.4, -0.2) is 37.1 Å². The smallest absolute Gasteiger partial charge is 0.251 e. The van der Waals surface area contributed by atoms with Crippen molar-refractivity contribution in [3.63, 3.8) is 0 Å². The first kappa shape index (κ1) is 23.9. The maximum absolute atomic E-state index is 11.7. The molecule has 0 atom stereocenters. The first-order chi connectivity index (χ1) is 13.2. The zero-order chi connectivity index (χ0) is 19.5. The third-order valence-corrected chi connectivity index (χ3v) is 4.16. The molecule has 2 aromatic carbocycles. The average Bonchev–Trinajstić information content (AvgIpc) is 2.71. The van der Waals surface area contributed by atoms with Gasteiger partial charge < -0.3 is 21.1 Å². The number of carbonyl (C=O) groups excluding carboxylic acids is 1. The lowest BCUT2D eigenvalue weighted by Gasteiger charge is -2.12. The molecule has 152 valence electrons. The lowest BCUT2D eigenvalue weighted by atomic mass is 10.1. The van der Waals surface area contributed by atoms with Crippen LogP contribution >= 0.6 is 24.0 Å². The van der Waals surface area contributed by atoms with Gasteiger partial charge in [-0.25, -0.2) is 4.99 Å². The zero-order valence-electron chi connectivity index (χ0n) is 16.4. The Morgan fingerprint density at radius 1 is 1.07 bits per heavy atom. The Balaban J connectivity index is 0.00000392. The van der Waals surface area contributed by atoms with Crippen molar-refractivity contribution in [2.24, 2.45) is 4.99 Å². The number of hydrogen-bond donors (Lipinski definition) is 4. The van der Waals surface area contributed by atoms with Crippen LogP contribution in [0.5, 0.6) is 0 Å². The first-order valence-electron chi connectivity index (χ1n) is 9.18. The van der Waals surface area contributed by atoms with Gasteiger partial charge in [-0.05, 0) is 42.2 Å². The molecular formula is C21H29IN4O2. The number of nitrogens with zero attached hydrogens (tertiary/aromatic N) is 1. The Labute approximate surface area is 183 Å². The summed E-state index contributed by atoms with van der Waals surface area (Å²) in [7, 11) is 1.63. The van der Waals surface area contributed by atoms with Gasteiger partial charge in [0.15, 0.2) is 5.96 Å². The molecule has 0 saturated heterocycles. The summed E-state index contributed by atoms with van der Waals surface area (Å²) in [5.41, 5.74) is 3.65. The molecule has 0 aromatic heterocycles. The molecule has 0 aliphatic carbocycles. The highest BCUT2D eigenvalue weighted by molar-refractivity contribution is 14.0. The number of halogens is 1. The molecule has 2 rings (SSSR count). The molecule has 6 nitrogen and oxygen atoms in total. The number of amides is 1. The number of hydrogen-bond acceptors (Lipinski definition) is 3. The molecule has 2 aromatic rings. The van der Waals surface area contributed by atoms with Crippen LogP contribution in [0.2, 0.25) is 0 Å². The molecule has 0 saturated carbocycles. The van der Waals surface area contributed by atoms with E-state index in [2.05, 4.69) is 20.9 Å². The van der Waals surface area contributed by atoms with Crippen LogP contribution in [0, 0.1) is 0 Å². The SMILES string of the molecule is CCNC(=NCc1ccccc1CO)NCCc1cccc(C(=O)NC)c1.I. The Bertz CT molecular complexity index is 781. The third-order valence-electron chi connectivity index (χ3n) is 4.16. The fraction of sp³-hybridized carbons (Fsp3) is 0.333. The van der Waals surface area contributed by atoms with E-state index in [9.17, 15) is 9.90 Å². The number of guanidine groups is 1. The Morgan fingerprint density at radius 3 is 2.50 bits per heavy atom. The van der Waals surface area contributed by atoms with E-state index < -0.39 is 0 Å². The van der Waals surface area contributed by atoms with Crippen molar-refractivity contribution in [1.82, 2.24) is 16.0 Å². The molecule has 0 bridgehead atoms. The van der Waals surface area contributed by atoms with Crippen LogP contribution < -0.4 is 16.0 Å². The first-order valence-corrected chi connectivity index (χ1v) is 9.18. The van der Waals surface area contributed by atoms with E-state index in [-0.39, 0.29) is 36.5 Å². The minimum Gasteiger partial charge on any atom is -0.392 e. The van der Waals surface area contributed by atoms with E-state index >= 15 is 0 Å². The lowest BCUT2D eigenvalue weighted by Crippen LogP contribution is -2.38. The van der Waals surface area contributed by atoms with Crippen molar-refractivity contribution >= 4 is 35.8 Å². The van der Waals surface area contributed by atoms with Crippen molar-refractivity contribution < 1.29 is 9.90 Å². The van der Waals surface area contributed by atoms with E-state index in [1.807, 2.05) is 49.4 Å². The second-order valence-corrected chi connectivity index (χ2v) is 6.08. The summed E-state index contributed by atoms with van der Waals surface area (Å²) in [6.45, 7) is 3.99. The average molecular weight is 496 g/mol.